The normalized spacial score (nSPS) is 10.5. The summed E-state index contributed by atoms with van der Waals surface area (Å²) in [6, 6.07) is 4.27. The first-order chi connectivity index (χ1) is 8.22. The van der Waals surface area contributed by atoms with Crippen molar-refractivity contribution in [1.82, 2.24) is 15.5 Å². The summed E-state index contributed by atoms with van der Waals surface area (Å²) in [6.07, 6.45) is 0. The Balaban J connectivity index is 2.34. The van der Waals surface area contributed by atoms with Gasteiger partial charge in [0, 0.05) is 11.6 Å². The Morgan fingerprint density at radius 1 is 1.41 bits per heavy atom. The molecule has 0 bridgehead atoms. The van der Waals surface area contributed by atoms with Gasteiger partial charge in [0.15, 0.2) is 0 Å². The van der Waals surface area contributed by atoms with Gasteiger partial charge in [0.25, 0.3) is 0 Å². The van der Waals surface area contributed by atoms with Crippen molar-refractivity contribution in [3.8, 4) is 17.1 Å². The zero-order valence-electron chi connectivity index (χ0n) is 9.53. The van der Waals surface area contributed by atoms with Crippen LogP contribution >= 0.6 is 0 Å². The first kappa shape index (κ1) is 11.5. The molecular formula is C11H12FN3O2. The first-order valence-electron chi connectivity index (χ1n) is 5.05. The molecule has 0 aliphatic rings. The molecule has 1 heterocycles. The van der Waals surface area contributed by atoms with Crippen molar-refractivity contribution in [3.63, 3.8) is 0 Å². The lowest BCUT2D eigenvalue weighted by Gasteiger charge is -2.01. The lowest BCUT2D eigenvalue weighted by Crippen LogP contribution is -2.04. The number of nitrogens with zero attached hydrogens (tertiary/aromatic N) is 2. The van der Waals surface area contributed by atoms with Crippen LogP contribution in [0, 0.1) is 5.82 Å². The van der Waals surface area contributed by atoms with Crippen LogP contribution in [0.25, 0.3) is 11.4 Å². The number of hydrogen-bond donors (Lipinski definition) is 1. The molecule has 2 aromatic rings. The number of nitrogens with one attached hydrogen (secondary N) is 1. The minimum Gasteiger partial charge on any atom is -0.497 e. The standard InChI is InChI=1S/C11H12FN3O2/c1-13-6-10-14-11(15-17-10)7-3-8(12)5-9(4-7)16-2/h3-5,13H,6H2,1-2H3. The molecule has 0 saturated heterocycles. The van der Waals surface area contributed by atoms with Gasteiger partial charge in [-0.2, -0.15) is 4.98 Å². The topological polar surface area (TPSA) is 60.2 Å². The Morgan fingerprint density at radius 2 is 2.24 bits per heavy atom. The fourth-order valence-electron chi connectivity index (χ4n) is 1.40. The van der Waals surface area contributed by atoms with Gasteiger partial charge in [-0.15, -0.1) is 0 Å². The molecule has 0 unspecified atom stereocenters. The summed E-state index contributed by atoms with van der Waals surface area (Å²) in [5.74, 6) is 0.804. The van der Waals surface area contributed by atoms with Crippen LogP contribution in [0.3, 0.4) is 0 Å². The lowest BCUT2D eigenvalue weighted by molar-refractivity contribution is 0.372. The number of halogens is 1. The number of benzene rings is 1. The van der Waals surface area contributed by atoms with Crippen molar-refractivity contribution in [2.45, 2.75) is 6.54 Å². The van der Waals surface area contributed by atoms with E-state index in [1.165, 1.54) is 19.2 Å². The van der Waals surface area contributed by atoms with Crippen LogP contribution in [0.5, 0.6) is 5.75 Å². The van der Waals surface area contributed by atoms with Crippen LogP contribution in [-0.4, -0.2) is 24.3 Å². The van der Waals surface area contributed by atoms with E-state index in [4.69, 9.17) is 9.26 Å². The molecule has 0 amide bonds. The van der Waals surface area contributed by atoms with E-state index in [1.54, 1.807) is 13.1 Å². The summed E-state index contributed by atoms with van der Waals surface area (Å²) in [7, 11) is 3.25. The number of aromatic nitrogens is 2. The van der Waals surface area contributed by atoms with Crippen LogP contribution < -0.4 is 10.1 Å². The maximum atomic E-state index is 13.3. The predicted molar refractivity (Wildman–Crippen MR) is 59.0 cm³/mol. The smallest absolute Gasteiger partial charge is 0.240 e. The Kier molecular flexibility index (Phi) is 3.34. The molecule has 17 heavy (non-hydrogen) atoms. The van der Waals surface area contributed by atoms with Crippen molar-refractivity contribution in [2.24, 2.45) is 0 Å². The van der Waals surface area contributed by atoms with Gasteiger partial charge in [-0.1, -0.05) is 5.16 Å². The molecule has 0 fully saturated rings. The summed E-state index contributed by atoms with van der Waals surface area (Å²) in [5, 5.41) is 6.66. The van der Waals surface area contributed by atoms with Gasteiger partial charge in [0.1, 0.15) is 11.6 Å². The van der Waals surface area contributed by atoms with Crippen LogP contribution in [0.15, 0.2) is 22.7 Å². The number of ether oxygens (including phenoxy) is 1. The molecule has 1 N–H and O–H groups in total. The van der Waals surface area contributed by atoms with Crippen LogP contribution in [0.4, 0.5) is 4.39 Å². The highest BCUT2D eigenvalue weighted by Crippen LogP contribution is 2.23. The Labute approximate surface area is 97.6 Å². The third-order valence-corrected chi connectivity index (χ3v) is 2.16. The lowest BCUT2D eigenvalue weighted by atomic mass is 10.2. The van der Waals surface area contributed by atoms with E-state index >= 15 is 0 Å². The highest BCUT2D eigenvalue weighted by molar-refractivity contribution is 5.57. The van der Waals surface area contributed by atoms with Crippen LogP contribution in [0.1, 0.15) is 5.89 Å². The van der Waals surface area contributed by atoms with E-state index in [9.17, 15) is 4.39 Å². The molecule has 1 aromatic heterocycles. The monoisotopic (exact) mass is 237 g/mol. The zero-order valence-corrected chi connectivity index (χ0v) is 9.53. The zero-order chi connectivity index (χ0) is 12.3. The third-order valence-electron chi connectivity index (χ3n) is 2.16. The second-order valence-corrected chi connectivity index (χ2v) is 3.42. The van der Waals surface area contributed by atoms with Gasteiger partial charge in [0.05, 0.1) is 13.7 Å². The van der Waals surface area contributed by atoms with E-state index in [0.29, 0.717) is 29.6 Å². The summed E-state index contributed by atoms with van der Waals surface area (Å²) in [4.78, 5) is 4.12. The van der Waals surface area contributed by atoms with E-state index in [0.717, 1.165) is 0 Å². The van der Waals surface area contributed by atoms with E-state index in [-0.39, 0.29) is 0 Å². The molecule has 0 radical (unpaired) electrons. The number of hydrogen-bond acceptors (Lipinski definition) is 5. The maximum Gasteiger partial charge on any atom is 0.240 e. The highest BCUT2D eigenvalue weighted by atomic mass is 19.1. The van der Waals surface area contributed by atoms with Crippen molar-refractivity contribution < 1.29 is 13.7 Å². The Morgan fingerprint density at radius 3 is 2.94 bits per heavy atom. The molecule has 0 aliphatic heterocycles. The number of rotatable bonds is 4. The second-order valence-electron chi connectivity index (χ2n) is 3.42. The Bertz CT molecular complexity index is 513. The number of methoxy groups -OCH3 is 1. The molecular weight excluding hydrogens is 225 g/mol. The average molecular weight is 237 g/mol. The van der Waals surface area contributed by atoms with E-state index < -0.39 is 5.82 Å². The Hall–Kier alpha value is -1.95. The second kappa shape index (κ2) is 4.92. The SMILES string of the molecule is CNCc1nc(-c2cc(F)cc(OC)c2)no1. The van der Waals surface area contributed by atoms with Gasteiger partial charge in [0.2, 0.25) is 11.7 Å². The van der Waals surface area contributed by atoms with Gasteiger partial charge in [-0.05, 0) is 19.2 Å². The molecule has 0 aliphatic carbocycles. The van der Waals surface area contributed by atoms with Crippen molar-refractivity contribution in [1.29, 1.82) is 0 Å². The predicted octanol–water partition coefficient (Wildman–Crippen LogP) is 1.60. The quantitative estimate of drug-likeness (QED) is 0.875. The molecule has 0 saturated carbocycles. The van der Waals surface area contributed by atoms with Crippen molar-refractivity contribution in [2.75, 3.05) is 14.2 Å². The van der Waals surface area contributed by atoms with Gasteiger partial charge in [-0.25, -0.2) is 4.39 Å². The minimum atomic E-state index is -0.403. The maximum absolute atomic E-state index is 13.3. The third kappa shape index (κ3) is 2.59. The fraction of sp³-hybridized carbons (Fsp3) is 0.273. The largest absolute Gasteiger partial charge is 0.497 e. The van der Waals surface area contributed by atoms with Gasteiger partial charge < -0.3 is 14.6 Å². The molecule has 0 spiro atoms. The fourth-order valence-corrected chi connectivity index (χ4v) is 1.40. The summed E-state index contributed by atoms with van der Waals surface area (Å²) in [6.45, 7) is 0.472. The van der Waals surface area contributed by atoms with E-state index in [1.807, 2.05) is 0 Å². The van der Waals surface area contributed by atoms with Gasteiger partial charge in [-0.3, -0.25) is 0 Å². The van der Waals surface area contributed by atoms with Crippen molar-refractivity contribution in [3.05, 3.63) is 29.9 Å². The van der Waals surface area contributed by atoms with E-state index in [2.05, 4.69) is 15.5 Å². The molecule has 2 rings (SSSR count). The first-order valence-corrected chi connectivity index (χ1v) is 5.05. The molecule has 1 aromatic carbocycles. The molecule has 90 valence electrons. The average Bonchev–Trinajstić information content (AvgIpc) is 2.77. The summed E-state index contributed by atoms with van der Waals surface area (Å²) in [5.41, 5.74) is 0.521. The van der Waals surface area contributed by atoms with Crippen molar-refractivity contribution >= 4 is 0 Å². The molecule has 5 nitrogen and oxygen atoms in total. The summed E-state index contributed by atoms with van der Waals surface area (Å²) >= 11 is 0. The minimum absolute atomic E-state index is 0.341. The van der Waals surface area contributed by atoms with Crippen LogP contribution in [0.2, 0.25) is 0 Å². The van der Waals surface area contributed by atoms with Gasteiger partial charge >= 0.3 is 0 Å². The summed E-state index contributed by atoms with van der Waals surface area (Å²) < 4.78 is 23.2. The highest BCUT2D eigenvalue weighted by Gasteiger charge is 2.10. The molecule has 6 heteroatoms. The molecule has 0 atom stereocenters. The van der Waals surface area contributed by atoms with Crippen LogP contribution in [-0.2, 0) is 6.54 Å².